The Morgan fingerprint density at radius 3 is 1.50 bits per heavy atom. The molecule has 10 aromatic carbocycles. The minimum atomic E-state index is 0.614. The lowest BCUT2D eigenvalue weighted by molar-refractivity contribution is 1.07. The molecule has 0 bridgehead atoms. The first-order valence-corrected chi connectivity index (χ1v) is 21.0. The second-order valence-electron chi connectivity index (χ2n) is 16.1. The van der Waals surface area contributed by atoms with Crippen molar-refractivity contribution >= 4 is 75.9 Å². The van der Waals surface area contributed by atoms with Crippen molar-refractivity contribution in [2.75, 3.05) is 0 Å². The molecule has 0 unspecified atom stereocenters. The van der Waals surface area contributed by atoms with E-state index in [1.807, 2.05) is 0 Å². The standard InChI is InChI=1S/C57H35N5/c1-2-19-43(20-3-1)61-51-24-12-10-22-46(51)48-29-28-42(34-53(48)61)56-58-55(41-27-26-36-14-4-5-15-37(36)30-41)59-57(60-56)50-35-44(31-40-18-8-9-21-45(40)50)62-52-25-13-11-23-47(52)49-32-38-16-6-7-17-39(38)33-54(49)62/h1-35H. The molecular formula is C57H35N5. The highest BCUT2D eigenvalue weighted by Crippen LogP contribution is 2.40. The SMILES string of the molecule is c1ccc(-n2c3ccccc3c3ccc(-c4nc(-c5ccc6ccccc6c5)nc(-c5cc(-n6c7ccccc7c7cc8ccccc8cc76)cc6ccccc56)n4)cc32)cc1. The van der Waals surface area contributed by atoms with Crippen molar-refractivity contribution in [1.82, 2.24) is 24.1 Å². The van der Waals surface area contributed by atoms with Gasteiger partial charge in [-0.3, -0.25) is 0 Å². The number of para-hydroxylation sites is 3. The third-order valence-corrected chi connectivity index (χ3v) is 12.5. The van der Waals surface area contributed by atoms with Gasteiger partial charge in [-0.05, 0) is 93.0 Å². The van der Waals surface area contributed by atoms with Crippen LogP contribution in [0.25, 0.3) is 121 Å². The Balaban J connectivity index is 1.08. The molecule has 288 valence electrons. The summed E-state index contributed by atoms with van der Waals surface area (Å²) in [6.45, 7) is 0. The van der Waals surface area contributed by atoms with Crippen molar-refractivity contribution < 1.29 is 0 Å². The molecule has 0 spiro atoms. The van der Waals surface area contributed by atoms with Gasteiger partial charge in [0, 0.05) is 49.6 Å². The fourth-order valence-corrected chi connectivity index (χ4v) is 9.59. The predicted molar refractivity (Wildman–Crippen MR) is 257 cm³/mol. The van der Waals surface area contributed by atoms with Crippen molar-refractivity contribution in [2.45, 2.75) is 0 Å². The molecule has 0 aliphatic heterocycles. The molecule has 13 rings (SSSR count). The van der Waals surface area contributed by atoms with Crippen molar-refractivity contribution in [3.8, 4) is 45.5 Å². The number of fused-ring (bicyclic) bond motifs is 9. The molecule has 0 aliphatic rings. The van der Waals surface area contributed by atoms with E-state index in [1.54, 1.807) is 0 Å². The topological polar surface area (TPSA) is 48.5 Å². The molecule has 0 amide bonds. The summed E-state index contributed by atoms with van der Waals surface area (Å²) < 4.78 is 4.74. The summed E-state index contributed by atoms with van der Waals surface area (Å²) in [5.41, 5.74) is 9.48. The van der Waals surface area contributed by atoms with Crippen LogP contribution in [0.1, 0.15) is 0 Å². The highest BCUT2D eigenvalue weighted by atomic mass is 15.0. The average molecular weight is 790 g/mol. The van der Waals surface area contributed by atoms with Gasteiger partial charge in [0.25, 0.3) is 0 Å². The van der Waals surface area contributed by atoms with Gasteiger partial charge in [0.05, 0.1) is 22.1 Å². The Morgan fingerprint density at radius 2 is 0.758 bits per heavy atom. The van der Waals surface area contributed by atoms with E-state index in [4.69, 9.17) is 15.0 Å². The fourth-order valence-electron chi connectivity index (χ4n) is 9.59. The molecule has 0 fully saturated rings. The summed E-state index contributed by atoms with van der Waals surface area (Å²) in [7, 11) is 0. The van der Waals surface area contributed by atoms with E-state index in [-0.39, 0.29) is 0 Å². The van der Waals surface area contributed by atoms with Gasteiger partial charge < -0.3 is 9.13 Å². The summed E-state index contributed by atoms with van der Waals surface area (Å²) in [6, 6.07) is 75.8. The van der Waals surface area contributed by atoms with Crippen LogP contribution in [-0.2, 0) is 0 Å². The van der Waals surface area contributed by atoms with Gasteiger partial charge in [0.15, 0.2) is 17.5 Å². The molecule has 5 nitrogen and oxygen atoms in total. The van der Waals surface area contributed by atoms with Gasteiger partial charge in [0.1, 0.15) is 0 Å². The Kier molecular flexibility index (Phi) is 7.54. The first-order valence-electron chi connectivity index (χ1n) is 21.0. The third kappa shape index (κ3) is 5.38. The van der Waals surface area contributed by atoms with Crippen LogP contribution >= 0.6 is 0 Å². The van der Waals surface area contributed by atoms with Gasteiger partial charge in [-0.2, -0.15) is 0 Å². The average Bonchev–Trinajstić information content (AvgIpc) is 3.84. The number of nitrogens with zero attached hydrogens (tertiary/aromatic N) is 5. The van der Waals surface area contributed by atoms with Crippen molar-refractivity contribution in [3.05, 3.63) is 212 Å². The Bertz CT molecular complexity index is 3930. The predicted octanol–water partition coefficient (Wildman–Crippen LogP) is 14.5. The number of rotatable bonds is 5. The zero-order valence-electron chi connectivity index (χ0n) is 33.4. The summed E-state index contributed by atoms with van der Waals surface area (Å²) in [4.78, 5) is 16.1. The molecule has 0 radical (unpaired) electrons. The Morgan fingerprint density at radius 1 is 0.258 bits per heavy atom. The third-order valence-electron chi connectivity index (χ3n) is 12.5. The molecule has 0 atom stereocenters. The number of hydrogen-bond acceptors (Lipinski definition) is 3. The summed E-state index contributed by atoms with van der Waals surface area (Å²) in [5, 5.41) is 11.7. The maximum absolute atomic E-state index is 5.42. The Labute approximate surface area is 356 Å². The second kappa shape index (κ2) is 13.6. The summed E-state index contributed by atoms with van der Waals surface area (Å²) in [5.74, 6) is 1.85. The lowest BCUT2D eigenvalue weighted by atomic mass is 10.0. The van der Waals surface area contributed by atoms with E-state index in [0.717, 1.165) is 66.3 Å². The molecule has 0 aliphatic carbocycles. The Hall–Kier alpha value is -8.41. The molecule has 13 aromatic rings. The van der Waals surface area contributed by atoms with E-state index >= 15 is 0 Å². The highest BCUT2D eigenvalue weighted by molar-refractivity contribution is 6.14. The molecule has 0 saturated heterocycles. The van der Waals surface area contributed by atoms with E-state index in [0.29, 0.717) is 17.5 Å². The number of aromatic nitrogens is 5. The zero-order valence-corrected chi connectivity index (χ0v) is 33.4. The molecule has 0 N–H and O–H groups in total. The van der Waals surface area contributed by atoms with Gasteiger partial charge >= 0.3 is 0 Å². The van der Waals surface area contributed by atoms with Crippen LogP contribution < -0.4 is 0 Å². The van der Waals surface area contributed by atoms with E-state index in [2.05, 4.69) is 221 Å². The number of hydrogen-bond donors (Lipinski definition) is 0. The maximum atomic E-state index is 5.42. The minimum Gasteiger partial charge on any atom is -0.309 e. The normalized spacial score (nSPS) is 11.9. The van der Waals surface area contributed by atoms with Crippen LogP contribution in [0.15, 0.2) is 212 Å². The molecule has 0 saturated carbocycles. The first-order chi connectivity index (χ1) is 30.7. The fraction of sp³-hybridized carbons (Fsp3) is 0. The smallest absolute Gasteiger partial charge is 0.164 e. The van der Waals surface area contributed by atoms with E-state index < -0.39 is 0 Å². The zero-order chi connectivity index (χ0) is 40.7. The van der Waals surface area contributed by atoms with Crippen LogP contribution in [0.3, 0.4) is 0 Å². The van der Waals surface area contributed by atoms with Gasteiger partial charge in [0.2, 0.25) is 0 Å². The number of benzene rings is 10. The lowest BCUT2D eigenvalue weighted by Gasteiger charge is -2.15. The van der Waals surface area contributed by atoms with Crippen molar-refractivity contribution in [1.29, 1.82) is 0 Å². The molecule has 5 heteroatoms. The molecule has 62 heavy (non-hydrogen) atoms. The summed E-state index contributed by atoms with van der Waals surface area (Å²) >= 11 is 0. The highest BCUT2D eigenvalue weighted by Gasteiger charge is 2.20. The van der Waals surface area contributed by atoms with Crippen molar-refractivity contribution in [2.24, 2.45) is 0 Å². The summed E-state index contributed by atoms with van der Waals surface area (Å²) in [6.07, 6.45) is 0. The van der Waals surface area contributed by atoms with Crippen LogP contribution in [-0.4, -0.2) is 24.1 Å². The van der Waals surface area contributed by atoms with E-state index in [9.17, 15) is 0 Å². The molecule has 3 heterocycles. The molecular weight excluding hydrogens is 755 g/mol. The quantitative estimate of drug-likeness (QED) is 0.174. The molecule has 3 aromatic heterocycles. The van der Waals surface area contributed by atoms with Crippen LogP contribution in [0.4, 0.5) is 0 Å². The van der Waals surface area contributed by atoms with Crippen LogP contribution in [0, 0.1) is 0 Å². The first kappa shape index (κ1) is 34.5. The van der Waals surface area contributed by atoms with Crippen LogP contribution in [0.2, 0.25) is 0 Å². The minimum absolute atomic E-state index is 0.614. The monoisotopic (exact) mass is 789 g/mol. The van der Waals surface area contributed by atoms with E-state index in [1.165, 1.54) is 37.7 Å². The van der Waals surface area contributed by atoms with Crippen molar-refractivity contribution in [3.63, 3.8) is 0 Å². The van der Waals surface area contributed by atoms with Gasteiger partial charge in [-0.25, -0.2) is 15.0 Å². The maximum Gasteiger partial charge on any atom is 0.164 e. The van der Waals surface area contributed by atoms with Gasteiger partial charge in [-0.1, -0.05) is 152 Å². The van der Waals surface area contributed by atoms with Gasteiger partial charge in [-0.15, -0.1) is 0 Å². The largest absolute Gasteiger partial charge is 0.309 e. The lowest BCUT2D eigenvalue weighted by Crippen LogP contribution is -2.02. The van der Waals surface area contributed by atoms with Crippen LogP contribution in [0.5, 0.6) is 0 Å². The second-order valence-corrected chi connectivity index (χ2v) is 16.1.